The van der Waals surface area contributed by atoms with Crippen LogP contribution in [0.4, 0.5) is 5.69 Å². The first-order valence-corrected chi connectivity index (χ1v) is 10.5. The maximum Gasteiger partial charge on any atom is 0.269 e. The summed E-state index contributed by atoms with van der Waals surface area (Å²) in [5.74, 6) is 1.81. The molecule has 0 aromatic heterocycles. The van der Waals surface area contributed by atoms with Gasteiger partial charge in [-0.3, -0.25) is 10.1 Å². The van der Waals surface area contributed by atoms with Crippen molar-refractivity contribution in [2.24, 2.45) is 0 Å². The molecule has 0 N–H and O–H groups in total. The van der Waals surface area contributed by atoms with E-state index in [-0.39, 0.29) is 12.3 Å². The molecule has 0 saturated heterocycles. The van der Waals surface area contributed by atoms with Crippen molar-refractivity contribution in [1.29, 1.82) is 5.26 Å². The Balaban J connectivity index is 1.84. The number of nitriles is 1. The first-order valence-electron chi connectivity index (χ1n) is 9.45. The third-order valence-electron chi connectivity index (χ3n) is 4.61. The number of nitro benzene ring substituents is 1. The van der Waals surface area contributed by atoms with Crippen LogP contribution in [-0.4, -0.2) is 19.1 Å². The van der Waals surface area contributed by atoms with Crippen LogP contribution in [-0.2, 0) is 6.61 Å². The maximum atomic E-state index is 10.8. The summed E-state index contributed by atoms with van der Waals surface area (Å²) in [6, 6.07) is 19.4. The van der Waals surface area contributed by atoms with E-state index < -0.39 is 4.92 Å². The predicted molar refractivity (Wildman–Crippen MR) is 130 cm³/mol. The minimum atomic E-state index is -0.440. The van der Waals surface area contributed by atoms with Crippen LogP contribution in [0.2, 0.25) is 0 Å². The lowest BCUT2D eigenvalue weighted by Crippen LogP contribution is -2.00. The summed E-state index contributed by atoms with van der Waals surface area (Å²) in [5.41, 5.74) is 2.90. The lowest BCUT2D eigenvalue weighted by Gasteiger charge is -2.14. The molecule has 0 atom stereocenters. The highest BCUT2D eigenvalue weighted by Gasteiger charge is 2.13. The van der Waals surface area contributed by atoms with Crippen LogP contribution in [0.25, 0.3) is 11.6 Å². The number of halogens is 1. The fourth-order valence-corrected chi connectivity index (χ4v) is 3.73. The third kappa shape index (κ3) is 5.56. The first-order chi connectivity index (χ1) is 15.4. The molecule has 0 amide bonds. The number of hydrogen-bond acceptors (Lipinski definition) is 6. The Morgan fingerprint density at radius 3 is 2.34 bits per heavy atom. The van der Waals surface area contributed by atoms with E-state index in [1.165, 1.54) is 12.1 Å². The van der Waals surface area contributed by atoms with E-state index >= 15 is 0 Å². The molecule has 0 bridgehead atoms. The zero-order valence-corrected chi connectivity index (χ0v) is 19.5. The van der Waals surface area contributed by atoms with Gasteiger partial charge in [0.05, 0.1) is 34.4 Å². The lowest BCUT2D eigenvalue weighted by molar-refractivity contribution is -0.384. The number of non-ortho nitro benzene ring substituents is 1. The van der Waals surface area contributed by atoms with Crippen molar-refractivity contribution in [3.63, 3.8) is 0 Å². The fraction of sp³-hybridized carbons (Fsp3) is 0.125. The van der Waals surface area contributed by atoms with E-state index in [9.17, 15) is 15.4 Å². The van der Waals surface area contributed by atoms with E-state index in [0.717, 1.165) is 26.0 Å². The number of methoxy groups -OCH3 is 2. The Bertz CT molecular complexity index is 1180. The van der Waals surface area contributed by atoms with Crippen LogP contribution in [0.15, 0.2) is 60.7 Å². The van der Waals surface area contributed by atoms with Gasteiger partial charge in [0.15, 0.2) is 11.5 Å². The van der Waals surface area contributed by atoms with Crippen molar-refractivity contribution in [2.75, 3.05) is 14.2 Å². The smallest absolute Gasteiger partial charge is 0.269 e. The number of ether oxygens (including phenoxy) is 3. The average molecular weight is 542 g/mol. The van der Waals surface area contributed by atoms with Crippen molar-refractivity contribution in [3.8, 4) is 23.3 Å². The number of rotatable bonds is 8. The molecular weight excluding hydrogens is 523 g/mol. The number of nitro groups is 1. The molecule has 3 aromatic rings. The molecule has 0 unspecified atom stereocenters. The molecule has 0 spiro atoms. The average Bonchev–Trinajstić information content (AvgIpc) is 2.81. The second-order valence-corrected chi connectivity index (χ2v) is 7.81. The highest BCUT2D eigenvalue weighted by atomic mass is 127. The van der Waals surface area contributed by atoms with Crippen LogP contribution in [0.1, 0.15) is 16.7 Å². The van der Waals surface area contributed by atoms with Crippen LogP contribution < -0.4 is 14.2 Å². The van der Waals surface area contributed by atoms with E-state index in [2.05, 4.69) is 28.7 Å². The molecular formula is C24H19IN2O5. The number of allylic oxidation sites excluding steroid dienone is 1. The number of hydrogen-bond donors (Lipinski definition) is 0. The lowest BCUT2D eigenvalue weighted by atomic mass is 10.0. The van der Waals surface area contributed by atoms with Crippen molar-refractivity contribution >= 4 is 39.9 Å². The standard InChI is InChI=1S/C24H19IN2O5/c1-30-21-9-5-18(6-10-21)19(14-26)11-17-12-22(25)24(23(13-17)31-2)32-15-16-3-7-20(8-4-16)27(28)29/h3-13H,15H2,1-2H3/b19-11+. The monoisotopic (exact) mass is 542 g/mol. The molecule has 3 aromatic carbocycles. The minimum Gasteiger partial charge on any atom is -0.497 e. The van der Waals surface area contributed by atoms with Gasteiger partial charge >= 0.3 is 0 Å². The van der Waals surface area contributed by atoms with Crippen LogP contribution in [0.3, 0.4) is 0 Å². The summed E-state index contributed by atoms with van der Waals surface area (Å²) >= 11 is 2.15. The van der Waals surface area contributed by atoms with Gasteiger partial charge in [-0.05, 0) is 93.9 Å². The van der Waals surface area contributed by atoms with E-state index in [1.54, 1.807) is 50.6 Å². The normalized spacial score (nSPS) is 10.9. The van der Waals surface area contributed by atoms with Gasteiger partial charge in [0.2, 0.25) is 0 Å². The molecule has 8 heteroatoms. The Morgan fingerprint density at radius 2 is 1.78 bits per heavy atom. The largest absolute Gasteiger partial charge is 0.497 e. The summed E-state index contributed by atoms with van der Waals surface area (Å²) < 4.78 is 17.4. The van der Waals surface area contributed by atoms with E-state index in [4.69, 9.17) is 14.2 Å². The van der Waals surface area contributed by atoms with Crippen molar-refractivity contribution in [3.05, 3.63) is 91.0 Å². The number of nitrogens with zero attached hydrogens (tertiary/aromatic N) is 2. The number of benzene rings is 3. The summed E-state index contributed by atoms with van der Waals surface area (Å²) in [4.78, 5) is 10.4. The van der Waals surface area contributed by atoms with Gasteiger partial charge in [-0.25, -0.2) is 0 Å². The molecule has 0 radical (unpaired) electrons. The Kier molecular flexibility index (Phi) is 7.68. The van der Waals surface area contributed by atoms with Gasteiger partial charge in [0.1, 0.15) is 12.4 Å². The fourth-order valence-electron chi connectivity index (χ4n) is 2.95. The minimum absolute atomic E-state index is 0.0298. The van der Waals surface area contributed by atoms with Gasteiger partial charge in [-0.15, -0.1) is 0 Å². The molecule has 0 aliphatic carbocycles. The van der Waals surface area contributed by atoms with Crippen LogP contribution in [0.5, 0.6) is 17.2 Å². The molecule has 32 heavy (non-hydrogen) atoms. The Hall–Kier alpha value is -3.58. The van der Waals surface area contributed by atoms with Crippen molar-refractivity contribution in [2.45, 2.75) is 6.61 Å². The summed E-state index contributed by atoms with van der Waals surface area (Å²) in [6.07, 6.45) is 1.78. The Labute approximate surface area is 199 Å². The summed E-state index contributed by atoms with van der Waals surface area (Å²) in [7, 11) is 3.14. The Morgan fingerprint density at radius 1 is 1.09 bits per heavy atom. The maximum absolute atomic E-state index is 10.8. The van der Waals surface area contributed by atoms with Gasteiger partial charge in [0.25, 0.3) is 5.69 Å². The van der Waals surface area contributed by atoms with Gasteiger partial charge in [-0.1, -0.05) is 0 Å². The summed E-state index contributed by atoms with van der Waals surface area (Å²) in [6.45, 7) is 0.231. The second kappa shape index (κ2) is 10.6. The van der Waals surface area contributed by atoms with Crippen molar-refractivity contribution < 1.29 is 19.1 Å². The van der Waals surface area contributed by atoms with Crippen molar-refractivity contribution in [1.82, 2.24) is 0 Å². The second-order valence-electron chi connectivity index (χ2n) is 6.64. The zero-order chi connectivity index (χ0) is 23.1. The van der Waals surface area contributed by atoms with Gasteiger partial charge in [-0.2, -0.15) is 5.26 Å². The van der Waals surface area contributed by atoms with E-state index in [1.807, 2.05) is 18.2 Å². The molecule has 0 aliphatic heterocycles. The van der Waals surface area contributed by atoms with E-state index in [0.29, 0.717) is 17.1 Å². The zero-order valence-electron chi connectivity index (χ0n) is 17.4. The van der Waals surface area contributed by atoms with Crippen LogP contribution >= 0.6 is 22.6 Å². The molecule has 0 saturated carbocycles. The molecule has 0 heterocycles. The summed E-state index contributed by atoms with van der Waals surface area (Å²) in [5, 5.41) is 20.4. The first kappa shape index (κ1) is 23.1. The highest BCUT2D eigenvalue weighted by molar-refractivity contribution is 14.1. The molecule has 7 nitrogen and oxygen atoms in total. The molecule has 3 rings (SSSR count). The van der Waals surface area contributed by atoms with Gasteiger partial charge < -0.3 is 14.2 Å². The third-order valence-corrected chi connectivity index (χ3v) is 5.42. The molecule has 0 aliphatic rings. The molecule has 162 valence electrons. The van der Waals surface area contributed by atoms with Gasteiger partial charge in [0, 0.05) is 12.1 Å². The van der Waals surface area contributed by atoms with Crippen LogP contribution in [0, 0.1) is 25.0 Å². The SMILES string of the molecule is COc1ccc(/C(C#N)=C/c2cc(I)c(OCc3ccc([N+](=O)[O-])cc3)c(OC)c2)cc1. The molecule has 0 fully saturated rings. The quantitative estimate of drug-likeness (QED) is 0.116. The predicted octanol–water partition coefficient (Wildman–Crippen LogP) is 5.86. The highest BCUT2D eigenvalue weighted by Crippen LogP contribution is 2.36. The topological polar surface area (TPSA) is 94.6 Å².